The Morgan fingerprint density at radius 1 is 0.342 bits per heavy atom. The molecule has 0 fully saturated rings. The van der Waals surface area contributed by atoms with Gasteiger partial charge in [0, 0.05) is 23.5 Å². The van der Waals surface area contributed by atoms with Gasteiger partial charge in [-0.25, -0.2) is 0 Å². The molecule has 0 unspecified atom stereocenters. The predicted molar refractivity (Wildman–Crippen MR) is 73.8 cm³/mol. The second kappa shape index (κ2) is 8.55. The van der Waals surface area contributed by atoms with Crippen LogP contribution in [0.2, 0.25) is 0 Å². The Kier molecular flexibility index (Phi) is 7.57. The van der Waals surface area contributed by atoms with E-state index in [9.17, 15) is 96.6 Å². The molecule has 0 aliphatic rings. The molecule has 0 bridgehead atoms. The minimum atomic E-state index is -8.16. The number of nitrogens with zero attached hydrogens (tertiary/aromatic N) is 1. The van der Waals surface area contributed by atoms with E-state index in [1.54, 1.807) is 0 Å². The Morgan fingerprint density at radius 3 is 0.789 bits per heavy atom. The Balaban J connectivity index is 3.79. The van der Waals surface area contributed by atoms with Crippen molar-refractivity contribution in [2.24, 2.45) is 0 Å². The van der Waals surface area contributed by atoms with Gasteiger partial charge in [0.15, 0.2) is 0 Å². The zero-order valence-electron chi connectivity index (χ0n) is 16.5. The molecule has 0 aliphatic carbocycles. The van der Waals surface area contributed by atoms with Gasteiger partial charge in [-0.15, -0.1) is 0 Å². The van der Waals surface area contributed by atoms with Gasteiger partial charge in [0.25, 0.3) is 0 Å². The first-order valence-electron chi connectivity index (χ1n) is 8.33. The zero-order chi connectivity index (χ0) is 31.0. The third kappa shape index (κ3) is 4.26. The molecule has 0 amide bonds. The normalized spacial score (nSPS) is 16.2. The number of hydrogen-bond donors (Lipinski definition) is 0. The fraction of sp³-hybridized carbons (Fsp3) is 0.667. The number of hydrogen-bond acceptors (Lipinski definition) is 1. The van der Waals surface area contributed by atoms with Gasteiger partial charge in [0.2, 0.25) is 0 Å². The maximum atomic E-state index is 14.0. The van der Waals surface area contributed by atoms with E-state index in [1.165, 1.54) is 0 Å². The van der Waals surface area contributed by atoms with Gasteiger partial charge in [0.1, 0.15) is 0 Å². The summed E-state index contributed by atoms with van der Waals surface area (Å²) >= 11 is 0. The molecule has 0 aliphatic heterocycles. The lowest BCUT2D eigenvalue weighted by Gasteiger charge is -2.38. The fourth-order valence-electron chi connectivity index (χ4n) is 2.29. The Hall–Kier alpha value is -2.39. The van der Waals surface area contributed by atoms with Crippen LogP contribution >= 0.6 is 0 Å². The summed E-state index contributed by atoms with van der Waals surface area (Å²) in [5.74, 6) is -62.8. The summed E-state index contributed by atoms with van der Waals surface area (Å²) in [5, 5.41) is 0. The van der Waals surface area contributed by atoms with Crippen LogP contribution in [0.3, 0.4) is 0 Å². The summed E-state index contributed by atoms with van der Waals surface area (Å²) in [6.45, 7) is 0. The number of aromatic nitrogens is 1. The first-order chi connectivity index (χ1) is 16.2. The van der Waals surface area contributed by atoms with Crippen LogP contribution < -0.4 is 0 Å². The van der Waals surface area contributed by atoms with Gasteiger partial charge in [-0.3, -0.25) is 4.98 Å². The fourth-order valence-corrected chi connectivity index (χ4v) is 2.29. The van der Waals surface area contributed by atoms with E-state index in [2.05, 4.69) is 0 Å². The maximum Gasteiger partial charge on any atom is 0.460 e. The lowest BCUT2D eigenvalue weighted by Crippen LogP contribution is -2.66. The Morgan fingerprint density at radius 2 is 0.579 bits per heavy atom. The van der Waals surface area contributed by atoms with Crippen molar-refractivity contribution in [3.8, 4) is 0 Å². The van der Waals surface area contributed by atoms with Crippen LogP contribution in [0, 0.1) is 0 Å². The van der Waals surface area contributed by atoms with Crippen LogP contribution in [0.15, 0.2) is 18.5 Å². The molecular weight excluding hydrogens is 612 g/mol. The largest absolute Gasteiger partial charge is 0.460 e. The molecule has 23 heteroatoms. The predicted octanol–water partition coefficient (Wildman–Crippen LogP) is 8.20. The summed E-state index contributed by atoms with van der Waals surface area (Å²) in [6, 6.07) is -1.68. The molecule has 0 N–H and O–H groups in total. The molecule has 222 valence electrons. The highest BCUT2D eigenvalue weighted by molar-refractivity contribution is 5.31. The number of halogens is 22. The van der Waals surface area contributed by atoms with Gasteiger partial charge in [-0.1, -0.05) is 0 Å². The molecule has 0 saturated carbocycles. The Bertz CT molecular complexity index is 937. The smallest absolute Gasteiger partial charge is 0.264 e. The lowest BCUT2D eigenvalue weighted by atomic mass is 9.90. The van der Waals surface area contributed by atoms with Crippen molar-refractivity contribution < 1.29 is 96.6 Å². The zero-order valence-corrected chi connectivity index (χ0v) is 16.5. The molecule has 0 saturated heterocycles. The highest BCUT2D eigenvalue weighted by Crippen LogP contribution is 2.62. The van der Waals surface area contributed by atoms with Gasteiger partial charge < -0.3 is 0 Å². The first kappa shape index (κ1) is 33.6. The minimum Gasteiger partial charge on any atom is -0.264 e. The van der Waals surface area contributed by atoms with E-state index >= 15 is 0 Å². The lowest BCUT2D eigenvalue weighted by molar-refractivity contribution is -0.425. The molecule has 0 atom stereocenters. The molecular formula is C15H3F22N. The van der Waals surface area contributed by atoms with E-state index < -0.39 is 89.3 Å². The quantitative estimate of drug-likeness (QED) is 0.269. The van der Waals surface area contributed by atoms with Crippen molar-refractivity contribution in [3.63, 3.8) is 0 Å². The summed E-state index contributed by atoms with van der Waals surface area (Å²) in [7, 11) is 0. The van der Waals surface area contributed by atoms with E-state index in [4.69, 9.17) is 0 Å². The van der Waals surface area contributed by atoms with Crippen molar-refractivity contribution in [1.29, 1.82) is 0 Å². The third-order valence-electron chi connectivity index (χ3n) is 4.54. The van der Waals surface area contributed by atoms with Crippen LogP contribution in [0.25, 0.3) is 0 Å². The van der Waals surface area contributed by atoms with Crippen molar-refractivity contribution in [2.75, 3.05) is 0 Å². The van der Waals surface area contributed by atoms with Crippen molar-refractivity contribution >= 4 is 0 Å². The summed E-state index contributed by atoms with van der Waals surface area (Å²) in [6.07, 6.45) is -17.5. The highest BCUT2D eigenvalue weighted by Gasteiger charge is 2.89. The monoisotopic (exact) mass is 615 g/mol. The van der Waals surface area contributed by atoms with Gasteiger partial charge in [-0.05, 0) is 6.07 Å². The van der Waals surface area contributed by atoms with Crippen LogP contribution in [-0.2, 0) is 11.8 Å². The minimum absolute atomic E-state index is 1.05. The average Bonchev–Trinajstić information content (AvgIpc) is 2.71. The Labute approximate surface area is 192 Å². The molecule has 1 nitrogen and oxygen atoms in total. The number of alkyl halides is 22. The second-order valence-corrected chi connectivity index (χ2v) is 7.05. The summed E-state index contributed by atoms with van der Waals surface area (Å²) < 4.78 is 288. The number of rotatable bonds is 8. The molecule has 1 aromatic rings. The van der Waals surface area contributed by atoms with Crippen LogP contribution in [0.1, 0.15) is 11.1 Å². The van der Waals surface area contributed by atoms with Gasteiger partial charge in [-0.2, -0.15) is 96.6 Å². The summed E-state index contributed by atoms with van der Waals surface area (Å²) in [5.41, 5.74) is -6.78. The molecule has 1 aromatic heterocycles. The molecule has 0 aromatic carbocycles. The van der Waals surface area contributed by atoms with Gasteiger partial charge >= 0.3 is 59.7 Å². The molecule has 0 spiro atoms. The van der Waals surface area contributed by atoms with Crippen LogP contribution in [-0.4, -0.2) is 52.9 Å². The topological polar surface area (TPSA) is 12.9 Å². The molecule has 0 radical (unpaired) electrons. The SMILES string of the molecule is FC(F)(F)C(F)(F)C(F)(F)C(F)(F)C(F)(F)c1cncc(C(F)(F)C(F)(F)C(F)(F)C(F)(F)C(F)(F)F)c1. The molecule has 1 heterocycles. The molecule has 38 heavy (non-hydrogen) atoms. The van der Waals surface area contributed by atoms with Crippen molar-refractivity contribution in [3.05, 3.63) is 29.6 Å². The van der Waals surface area contributed by atoms with Crippen molar-refractivity contribution in [2.45, 2.75) is 59.7 Å². The average molecular weight is 615 g/mol. The van der Waals surface area contributed by atoms with Crippen LogP contribution in [0.4, 0.5) is 96.6 Å². The summed E-state index contributed by atoms with van der Waals surface area (Å²) in [4.78, 5) is 1.99. The first-order valence-corrected chi connectivity index (χ1v) is 8.33. The van der Waals surface area contributed by atoms with E-state index in [0.717, 1.165) is 0 Å². The standard InChI is InChI=1S/C15H3F22N/c16-6(17,8(20,21)10(24,25)12(28,29)14(32,33)34)4-1-5(3-38-2-4)7(18,19)9(22,23)11(26,27)13(30,31)15(35,36)37/h1-3H. The van der Waals surface area contributed by atoms with Crippen molar-refractivity contribution in [1.82, 2.24) is 4.98 Å². The highest BCUT2D eigenvalue weighted by atomic mass is 19.4. The second-order valence-electron chi connectivity index (χ2n) is 7.05. The van der Waals surface area contributed by atoms with E-state index in [1.807, 2.05) is 4.98 Å². The van der Waals surface area contributed by atoms with E-state index in [0.29, 0.717) is 0 Å². The maximum absolute atomic E-state index is 14.0. The van der Waals surface area contributed by atoms with Gasteiger partial charge in [0.05, 0.1) is 0 Å². The number of pyridine rings is 1. The molecule has 1 rings (SSSR count). The van der Waals surface area contributed by atoms with Crippen LogP contribution in [0.5, 0.6) is 0 Å². The van der Waals surface area contributed by atoms with E-state index in [-0.39, 0.29) is 0 Å². The third-order valence-corrected chi connectivity index (χ3v) is 4.54.